The van der Waals surface area contributed by atoms with Gasteiger partial charge in [0, 0.05) is 18.7 Å². The number of rotatable bonds is 7. The minimum atomic E-state index is -0.408. The molecule has 4 heteroatoms. The highest BCUT2D eigenvalue weighted by Crippen LogP contribution is 2.44. The van der Waals surface area contributed by atoms with Gasteiger partial charge in [0.05, 0.1) is 5.02 Å². The first-order valence-corrected chi connectivity index (χ1v) is 7.43. The van der Waals surface area contributed by atoms with E-state index in [1.54, 1.807) is 6.07 Å². The van der Waals surface area contributed by atoms with Gasteiger partial charge in [0.1, 0.15) is 18.2 Å². The molecular formula is C15H19ClFNO. The highest BCUT2D eigenvalue weighted by molar-refractivity contribution is 6.30. The van der Waals surface area contributed by atoms with Crippen LogP contribution in [0.3, 0.4) is 0 Å². The molecule has 0 bridgehead atoms. The van der Waals surface area contributed by atoms with Gasteiger partial charge < -0.3 is 10.1 Å². The summed E-state index contributed by atoms with van der Waals surface area (Å²) in [5.41, 5.74) is 0. The molecule has 0 saturated heterocycles. The van der Waals surface area contributed by atoms with Gasteiger partial charge in [-0.1, -0.05) is 11.6 Å². The van der Waals surface area contributed by atoms with Crippen LogP contribution in [-0.2, 0) is 0 Å². The maximum atomic E-state index is 13.0. The molecule has 0 atom stereocenters. The van der Waals surface area contributed by atoms with Crippen LogP contribution in [0.1, 0.15) is 25.7 Å². The van der Waals surface area contributed by atoms with Gasteiger partial charge in [0.2, 0.25) is 0 Å². The van der Waals surface area contributed by atoms with Gasteiger partial charge in [-0.25, -0.2) is 4.39 Å². The molecule has 0 aliphatic heterocycles. The molecule has 2 aliphatic carbocycles. The third-order valence-corrected chi connectivity index (χ3v) is 4.19. The van der Waals surface area contributed by atoms with Gasteiger partial charge in [-0.05, 0) is 49.7 Å². The van der Waals surface area contributed by atoms with Gasteiger partial charge in [0.25, 0.3) is 0 Å². The third kappa shape index (κ3) is 3.61. The summed E-state index contributed by atoms with van der Waals surface area (Å²) in [6, 6.07) is 5.17. The molecule has 2 aliphatic rings. The van der Waals surface area contributed by atoms with E-state index in [0.29, 0.717) is 18.4 Å². The minimum absolute atomic E-state index is 0.110. The normalized spacial score (nSPS) is 18.9. The van der Waals surface area contributed by atoms with E-state index in [2.05, 4.69) is 5.32 Å². The van der Waals surface area contributed by atoms with Gasteiger partial charge in [-0.3, -0.25) is 0 Å². The van der Waals surface area contributed by atoms with E-state index in [0.717, 1.165) is 18.4 Å². The van der Waals surface area contributed by atoms with E-state index in [9.17, 15) is 4.39 Å². The number of halogens is 2. The lowest BCUT2D eigenvalue weighted by molar-refractivity contribution is 0.293. The smallest absolute Gasteiger partial charge is 0.142 e. The van der Waals surface area contributed by atoms with Gasteiger partial charge in [0.15, 0.2) is 0 Å². The van der Waals surface area contributed by atoms with Crippen molar-refractivity contribution in [3.05, 3.63) is 29.0 Å². The van der Waals surface area contributed by atoms with Crippen LogP contribution < -0.4 is 10.1 Å². The molecule has 19 heavy (non-hydrogen) atoms. The standard InChI is InChI=1S/C15H19ClFNO/c16-13-9-12(5-6-14(13)17)19-8-7-18-15(10-1-2-10)11-3-4-11/h5-6,9-11,15,18H,1-4,7-8H2. The van der Waals surface area contributed by atoms with Crippen LogP contribution in [0, 0.1) is 17.7 Å². The highest BCUT2D eigenvalue weighted by Gasteiger charge is 2.40. The van der Waals surface area contributed by atoms with Crippen molar-refractivity contribution in [1.29, 1.82) is 0 Å². The quantitative estimate of drug-likeness (QED) is 0.772. The Labute approximate surface area is 118 Å². The molecule has 0 radical (unpaired) electrons. The first kappa shape index (κ1) is 13.2. The zero-order valence-corrected chi connectivity index (χ0v) is 11.6. The van der Waals surface area contributed by atoms with Crippen molar-refractivity contribution in [2.24, 2.45) is 11.8 Å². The summed E-state index contributed by atoms with van der Waals surface area (Å²) in [5, 5.41) is 3.72. The second kappa shape index (κ2) is 5.68. The predicted octanol–water partition coefficient (Wildman–Crippen LogP) is 3.64. The largest absolute Gasteiger partial charge is 0.492 e. The Hall–Kier alpha value is -0.800. The molecule has 1 N–H and O–H groups in total. The molecule has 0 heterocycles. The molecular weight excluding hydrogens is 265 g/mol. The summed E-state index contributed by atoms with van der Waals surface area (Å²) in [7, 11) is 0. The van der Waals surface area contributed by atoms with Crippen LogP contribution in [0.2, 0.25) is 5.02 Å². The van der Waals surface area contributed by atoms with Crippen LogP contribution in [0.4, 0.5) is 4.39 Å². The zero-order chi connectivity index (χ0) is 13.2. The summed E-state index contributed by atoms with van der Waals surface area (Å²) in [4.78, 5) is 0. The maximum Gasteiger partial charge on any atom is 0.142 e. The van der Waals surface area contributed by atoms with E-state index in [1.165, 1.54) is 37.8 Å². The molecule has 2 saturated carbocycles. The summed E-state index contributed by atoms with van der Waals surface area (Å²) in [5.74, 6) is 2.01. The Kier molecular flexibility index (Phi) is 3.94. The Balaban J connectivity index is 1.41. The topological polar surface area (TPSA) is 21.3 Å². The fraction of sp³-hybridized carbons (Fsp3) is 0.600. The number of hydrogen-bond donors (Lipinski definition) is 1. The van der Waals surface area contributed by atoms with Gasteiger partial charge in [-0.2, -0.15) is 0 Å². The summed E-state index contributed by atoms with van der Waals surface area (Å²) >= 11 is 5.71. The fourth-order valence-electron chi connectivity index (χ4n) is 2.59. The van der Waals surface area contributed by atoms with Crippen molar-refractivity contribution < 1.29 is 9.13 Å². The molecule has 3 rings (SSSR count). The number of nitrogens with one attached hydrogen (secondary N) is 1. The van der Waals surface area contributed by atoms with E-state index in [4.69, 9.17) is 16.3 Å². The highest BCUT2D eigenvalue weighted by atomic mass is 35.5. The molecule has 2 fully saturated rings. The molecule has 1 aromatic rings. The zero-order valence-electron chi connectivity index (χ0n) is 10.9. The number of benzene rings is 1. The fourth-order valence-corrected chi connectivity index (χ4v) is 2.76. The van der Waals surface area contributed by atoms with Crippen LogP contribution in [0.25, 0.3) is 0 Å². The Bertz CT molecular complexity index is 434. The minimum Gasteiger partial charge on any atom is -0.492 e. The molecule has 2 nitrogen and oxygen atoms in total. The maximum absolute atomic E-state index is 13.0. The number of ether oxygens (including phenoxy) is 1. The van der Waals surface area contributed by atoms with Crippen molar-refractivity contribution in [2.75, 3.05) is 13.2 Å². The van der Waals surface area contributed by atoms with Crippen LogP contribution in [0.15, 0.2) is 18.2 Å². The van der Waals surface area contributed by atoms with Crippen LogP contribution in [-0.4, -0.2) is 19.2 Å². The molecule has 0 amide bonds. The first-order valence-electron chi connectivity index (χ1n) is 7.05. The van der Waals surface area contributed by atoms with Crippen molar-refractivity contribution in [3.63, 3.8) is 0 Å². The van der Waals surface area contributed by atoms with Crippen molar-refractivity contribution in [2.45, 2.75) is 31.7 Å². The van der Waals surface area contributed by atoms with E-state index >= 15 is 0 Å². The third-order valence-electron chi connectivity index (χ3n) is 3.90. The Morgan fingerprint density at radius 2 is 1.95 bits per heavy atom. The Morgan fingerprint density at radius 3 is 2.53 bits per heavy atom. The van der Waals surface area contributed by atoms with Crippen LogP contribution in [0.5, 0.6) is 5.75 Å². The molecule has 104 valence electrons. The average molecular weight is 284 g/mol. The monoisotopic (exact) mass is 283 g/mol. The Morgan fingerprint density at radius 1 is 1.26 bits per heavy atom. The van der Waals surface area contributed by atoms with Crippen molar-refractivity contribution >= 4 is 11.6 Å². The molecule has 0 aromatic heterocycles. The van der Waals surface area contributed by atoms with E-state index in [-0.39, 0.29) is 5.02 Å². The summed E-state index contributed by atoms with van der Waals surface area (Å²) < 4.78 is 18.6. The second-order valence-corrected chi connectivity index (χ2v) is 5.99. The first-order chi connectivity index (χ1) is 9.24. The lowest BCUT2D eigenvalue weighted by Crippen LogP contribution is -2.36. The lowest BCUT2D eigenvalue weighted by atomic mass is 10.1. The predicted molar refractivity (Wildman–Crippen MR) is 74.1 cm³/mol. The van der Waals surface area contributed by atoms with Crippen molar-refractivity contribution in [1.82, 2.24) is 5.32 Å². The SMILES string of the molecule is Fc1ccc(OCCNC(C2CC2)C2CC2)cc1Cl. The molecule has 0 spiro atoms. The second-order valence-electron chi connectivity index (χ2n) is 5.58. The van der Waals surface area contributed by atoms with Gasteiger partial charge >= 0.3 is 0 Å². The molecule has 1 aromatic carbocycles. The van der Waals surface area contributed by atoms with Gasteiger partial charge in [-0.15, -0.1) is 0 Å². The summed E-state index contributed by atoms with van der Waals surface area (Å²) in [6.45, 7) is 1.44. The van der Waals surface area contributed by atoms with E-state index < -0.39 is 5.82 Å². The molecule has 0 unspecified atom stereocenters. The van der Waals surface area contributed by atoms with Crippen LogP contribution >= 0.6 is 11.6 Å². The summed E-state index contributed by atoms with van der Waals surface area (Å²) in [6.07, 6.45) is 5.51. The lowest BCUT2D eigenvalue weighted by Gasteiger charge is -2.17. The number of hydrogen-bond acceptors (Lipinski definition) is 2. The van der Waals surface area contributed by atoms with Crippen molar-refractivity contribution in [3.8, 4) is 5.75 Å². The average Bonchev–Trinajstić information content (AvgIpc) is 3.27. The van der Waals surface area contributed by atoms with E-state index in [1.807, 2.05) is 0 Å².